The molecule has 0 spiro atoms. The van der Waals surface area contributed by atoms with Crippen LogP contribution in [-0.2, 0) is 6.42 Å². The highest BCUT2D eigenvalue weighted by Crippen LogP contribution is 2.31. The van der Waals surface area contributed by atoms with Crippen LogP contribution in [0.1, 0.15) is 165 Å². The van der Waals surface area contributed by atoms with Gasteiger partial charge in [-0.25, -0.2) is 5.84 Å². The number of rotatable bonds is 19. The van der Waals surface area contributed by atoms with Crippen molar-refractivity contribution in [3.8, 4) is 12.8 Å². The van der Waals surface area contributed by atoms with Crippen LogP contribution in [0.5, 0.6) is 0 Å². The monoisotopic (exact) mass is 686 g/mol. The second kappa shape index (κ2) is 30.4. The number of allylic oxidation sites excluding steroid dienone is 12. The fourth-order valence-electron chi connectivity index (χ4n) is 5.72. The number of H-pyrrole nitrogens is 1. The van der Waals surface area contributed by atoms with E-state index in [0.717, 1.165) is 66.8 Å². The maximum absolute atomic E-state index is 6.69. The Morgan fingerprint density at radius 3 is 1.66 bits per heavy atom. The zero-order chi connectivity index (χ0) is 39.4. The Kier molecular flexibility index (Phi) is 30.9. The van der Waals surface area contributed by atoms with Crippen molar-refractivity contribution in [1.82, 2.24) is 4.98 Å². The van der Waals surface area contributed by atoms with Crippen molar-refractivity contribution >= 4 is 5.82 Å². The molecule has 0 radical (unpaired) electrons. The topological polar surface area (TPSA) is 45.0 Å². The number of nitrogens with zero attached hydrogens (tertiary/aromatic N) is 1. The van der Waals surface area contributed by atoms with Gasteiger partial charge in [-0.15, -0.1) is 12.8 Å². The third-order valence-electron chi connectivity index (χ3n) is 9.10. The van der Waals surface area contributed by atoms with Crippen molar-refractivity contribution in [2.45, 2.75) is 167 Å². The molecule has 282 valence electrons. The lowest BCUT2D eigenvalue weighted by Crippen LogP contribution is -2.31. The molecule has 1 aromatic rings. The van der Waals surface area contributed by atoms with E-state index >= 15 is 0 Å². The summed E-state index contributed by atoms with van der Waals surface area (Å²) in [5.41, 5.74) is 14.9. The summed E-state index contributed by atoms with van der Waals surface area (Å²) < 4.78 is 0. The minimum Gasteiger partial charge on any atom is -0.346 e. The maximum Gasteiger partial charge on any atom is 0.128 e. The summed E-state index contributed by atoms with van der Waals surface area (Å²) in [7, 11) is 0. The Bertz CT molecular complexity index is 1310. The van der Waals surface area contributed by atoms with Crippen LogP contribution in [0.25, 0.3) is 0 Å². The van der Waals surface area contributed by atoms with E-state index in [1.165, 1.54) is 83.1 Å². The molecule has 0 aliphatic rings. The summed E-state index contributed by atoms with van der Waals surface area (Å²) in [5, 5.41) is 1.83. The molecule has 0 unspecified atom stereocenters. The molecule has 3 heteroatoms. The molecule has 3 N–H and O–H groups in total. The molecule has 0 aliphatic carbocycles. The number of nitrogens with one attached hydrogen (secondary N) is 1. The van der Waals surface area contributed by atoms with Crippen molar-refractivity contribution in [2.24, 2.45) is 5.84 Å². The van der Waals surface area contributed by atoms with E-state index in [1.807, 2.05) is 17.3 Å². The standard InChI is InChI=1S/C31H51N3.C11H18.C3H8.C2H2/c1-11-14-16-18-29(26(9)22(4)5)23(6)20-24(7)30(19-17-15-12-2)27(10)34(32)31-28(13-3)25(8)21-33-31;1-6-9(4)10(5)11(7-2)8-3;1-3-2;1-2/h20-21,33H,4,7,11-19,32H2,1-3,5-6,8-10H3;6H,1,4,7-8H2,2-3,5H3;3H2,1-2H3;1-2H/b23-20+,29-26-,30-27-;;;. The molecule has 1 heterocycles. The molecule has 0 saturated heterocycles. The highest BCUT2D eigenvalue weighted by atomic mass is 15.4. The lowest BCUT2D eigenvalue weighted by molar-refractivity contribution is 0.709. The van der Waals surface area contributed by atoms with Gasteiger partial charge < -0.3 is 4.98 Å². The molecule has 1 aromatic heterocycles. The fourth-order valence-corrected chi connectivity index (χ4v) is 5.72. The van der Waals surface area contributed by atoms with Gasteiger partial charge in [0.15, 0.2) is 0 Å². The predicted octanol–water partition coefficient (Wildman–Crippen LogP) is 14.9. The van der Waals surface area contributed by atoms with Gasteiger partial charge in [-0.05, 0) is 137 Å². The fraction of sp³-hybridized carbons (Fsp3) is 0.532. The zero-order valence-electron chi connectivity index (χ0n) is 35.2. The van der Waals surface area contributed by atoms with Crippen LogP contribution >= 0.6 is 0 Å². The molecule has 0 saturated carbocycles. The number of aromatic amines is 1. The van der Waals surface area contributed by atoms with Crippen LogP contribution in [-0.4, -0.2) is 4.98 Å². The molecule has 1 rings (SSSR count). The van der Waals surface area contributed by atoms with Gasteiger partial charge in [-0.2, -0.15) is 0 Å². The lowest BCUT2D eigenvalue weighted by Gasteiger charge is -2.24. The van der Waals surface area contributed by atoms with E-state index in [4.69, 9.17) is 5.84 Å². The number of aromatic nitrogens is 1. The zero-order valence-corrected chi connectivity index (χ0v) is 35.2. The molecular weight excluding hydrogens is 607 g/mol. The van der Waals surface area contributed by atoms with Crippen LogP contribution in [0.15, 0.2) is 101 Å². The van der Waals surface area contributed by atoms with Gasteiger partial charge in [0.25, 0.3) is 0 Å². The molecule has 0 aromatic carbocycles. The van der Waals surface area contributed by atoms with Gasteiger partial charge in [0.1, 0.15) is 5.82 Å². The Hall–Kier alpha value is -3.48. The summed E-state index contributed by atoms with van der Waals surface area (Å²) in [4.78, 5) is 3.39. The number of anilines is 1. The third-order valence-corrected chi connectivity index (χ3v) is 9.10. The Labute approximate surface area is 312 Å². The molecule has 50 heavy (non-hydrogen) atoms. The Morgan fingerprint density at radius 2 is 1.26 bits per heavy atom. The molecule has 0 aliphatic heterocycles. The SMILES string of the molecule is C#C.C=C(C)/C(C)=C(CCCCC)\C(C)=C\C(=C)/C(CCCCC)=C(/C)N(N)c1[nH]cc(C)c1CC.C=CC(=C)C(C)=C(CC)CC.CCC. The Balaban J connectivity index is -0.00000115. The van der Waals surface area contributed by atoms with Crippen molar-refractivity contribution in [3.63, 3.8) is 0 Å². The average molecular weight is 686 g/mol. The van der Waals surface area contributed by atoms with Gasteiger partial charge >= 0.3 is 0 Å². The number of terminal acetylenes is 1. The van der Waals surface area contributed by atoms with Crippen molar-refractivity contribution in [2.75, 3.05) is 5.01 Å². The maximum atomic E-state index is 6.69. The number of hydrogen-bond donors (Lipinski definition) is 2. The van der Waals surface area contributed by atoms with Crippen molar-refractivity contribution in [3.05, 3.63) is 112 Å². The average Bonchev–Trinajstić information content (AvgIpc) is 3.49. The van der Waals surface area contributed by atoms with Gasteiger partial charge in [0.2, 0.25) is 0 Å². The van der Waals surface area contributed by atoms with Gasteiger partial charge in [-0.3, -0.25) is 5.01 Å². The number of aryl methyl sites for hydroxylation is 1. The first-order valence-electron chi connectivity index (χ1n) is 19.2. The highest BCUT2D eigenvalue weighted by molar-refractivity contribution is 5.58. The predicted molar refractivity (Wildman–Crippen MR) is 231 cm³/mol. The van der Waals surface area contributed by atoms with E-state index < -0.39 is 0 Å². The minimum atomic E-state index is 0.947. The summed E-state index contributed by atoms with van der Waals surface area (Å²) in [6.07, 6.45) is 27.8. The summed E-state index contributed by atoms with van der Waals surface area (Å²) in [6, 6.07) is 0. The first-order valence-corrected chi connectivity index (χ1v) is 19.2. The van der Waals surface area contributed by atoms with Crippen LogP contribution in [0.2, 0.25) is 0 Å². The number of unbranched alkanes of at least 4 members (excludes halogenated alkanes) is 4. The number of nitrogens with two attached hydrogens (primary N) is 1. The summed E-state index contributed by atoms with van der Waals surface area (Å²) in [6.45, 7) is 44.5. The highest BCUT2D eigenvalue weighted by Gasteiger charge is 2.17. The second-order valence-corrected chi connectivity index (χ2v) is 13.1. The van der Waals surface area contributed by atoms with Gasteiger partial charge in [0.05, 0.1) is 0 Å². The molecule has 0 fully saturated rings. The molecule has 3 nitrogen and oxygen atoms in total. The van der Waals surface area contributed by atoms with Crippen LogP contribution in [0.3, 0.4) is 0 Å². The second-order valence-electron chi connectivity index (χ2n) is 13.1. The lowest BCUT2D eigenvalue weighted by atomic mass is 9.90. The van der Waals surface area contributed by atoms with E-state index in [-0.39, 0.29) is 0 Å². The largest absolute Gasteiger partial charge is 0.346 e. The normalized spacial score (nSPS) is 11.6. The van der Waals surface area contributed by atoms with Crippen LogP contribution < -0.4 is 10.9 Å². The minimum absolute atomic E-state index is 0.947. The summed E-state index contributed by atoms with van der Waals surface area (Å²) in [5.74, 6) is 7.68. The van der Waals surface area contributed by atoms with E-state index in [2.05, 4.69) is 140 Å². The molecular formula is C47H79N3. The first kappa shape index (κ1) is 50.9. The van der Waals surface area contributed by atoms with E-state index in [1.54, 1.807) is 0 Å². The Morgan fingerprint density at radius 1 is 0.780 bits per heavy atom. The van der Waals surface area contributed by atoms with Crippen molar-refractivity contribution in [1.29, 1.82) is 0 Å². The number of hydrazine groups is 1. The quantitative estimate of drug-likeness (QED) is 0.0500. The molecule has 0 amide bonds. The molecule has 0 atom stereocenters. The van der Waals surface area contributed by atoms with Crippen molar-refractivity contribution < 1.29 is 0 Å². The number of hydrogen-bond acceptors (Lipinski definition) is 2. The summed E-state index contributed by atoms with van der Waals surface area (Å²) >= 11 is 0. The third kappa shape index (κ3) is 18.5. The van der Waals surface area contributed by atoms with Crippen LogP contribution in [0.4, 0.5) is 5.82 Å². The molecule has 0 bridgehead atoms. The van der Waals surface area contributed by atoms with Crippen LogP contribution in [0, 0.1) is 19.8 Å². The van der Waals surface area contributed by atoms with E-state index in [0.29, 0.717) is 0 Å². The van der Waals surface area contributed by atoms with Gasteiger partial charge in [-0.1, -0.05) is 130 Å². The first-order chi connectivity index (χ1) is 23.7. The van der Waals surface area contributed by atoms with Gasteiger partial charge in [0, 0.05) is 11.9 Å². The smallest absolute Gasteiger partial charge is 0.128 e. The van der Waals surface area contributed by atoms with E-state index in [9.17, 15) is 0 Å².